The molecule has 16 rings (SSSR count). The molecular formula is C112H155F4N11O3. The van der Waals surface area contributed by atoms with Gasteiger partial charge in [-0.2, -0.15) is 13.2 Å². The number of halogens is 4. The highest BCUT2D eigenvalue weighted by Gasteiger charge is 2.36. The number of benzene rings is 8. The van der Waals surface area contributed by atoms with Gasteiger partial charge in [0.2, 0.25) is 0 Å². The Hall–Kier alpha value is -8.79. The van der Waals surface area contributed by atoms with E-state index in [-0.39, 0.29) is 20.1 Å². The molecule has 8 aromatic carbocycles. The zero-order valence-corrected chi connectivity index (χ0v) is 79.4. The first-order valence-electron chi connectivity index (χ1n) is 49.2. The standard InChI is InChI=1S/C32H43FN2O.C31H41N3O.C28H38F3N3O.C21H29N3.2H2/c1-22-23(2)34-32-18-25(11-14-31(22)32)17-30(36)19-27-7-3-4-8-28(27)21-35-15-5-6-26(20-35)16-24-9-12-29(33)13-10-24;1-31(2,3)27-16-14-25(15-17-27)29(24-32-19-18-26-10-8-9-13-30(26)35-4)34-22-20-33(21-23-34)28-11-6-5-7-12-28;1-35-27-10-6-5-7-23(27)15-16-32-21-26(22-11-13-24(14-12-22)28(29,30)31)34-19-17-33(18-20-34)25-8-3-2-4-9-25;1-23-14-16-24(17-15-23)21(20-10-6-3-7-11-20)18-22-13-12-19-8-4-2-5-9-19;;/h9-14,18,26-28,31-32,34H,3-8,15-17,19-21H2,1-2H3;5-17,29,32H,18-24H2,1-4H3;5-7,10-14,25-26,32H,2-4,8-9,15-21H2,1H3;2-11,21-22H,12-18H2,1H3;2*1H/t26-,27-,28-,31?,32?;;;;;/m0...../s1. The number of hydrogen-bond acceptors (Lipinski definition) is 14. The molecule has 0 radical (unpaired) electrons. The van der Waals surface area contributed by atoms with E-state index in [0.29, 0.717) is 66.6 Å². The molecular weight excluding hydrogens is 1620 g/mol. The van der Waals surface area contributed by atoms with Crippen LogP contribution in [0.15, 0.2) is 247 Å². The fourth-order valence-corrected chi connectivity index (χ4v) is 21.1. The lowest BCUT2D eigenvalue weighted by Crippen LogP contribution is -2.52. The summed E-state index contributed by atoms with van der Waals surface area (Å²) in [6.45, 7) is 32.8. The molecule has 6 fully saturated rings. The molecule has 18 heteroatoms. The number of anilines is 1. The molecule has 5 heterocycles. The predicted molar refractivity (Wildman–Crippen MR) is 532 cm³/mol. The minimum absolute atomic E-state index is 0. The van der Waals surface area contributed by atoms with Gasteiger partial charge in [0, 0.05) is 168 Å². The Kier molecular flexibility index (Phi) is 38.2. The van der Waals surface area contributed by atoms with Crippen LogP contribution in [0.5, 0.6) is 11.5 Å². The molecule has 3 aliphatic carbocycles. The summed E-state index contributed by atoms with van der Waals surface area (Å²) in [6.07, 6.45) is 21.8. The molecule has 0 bridgehead atoms. The summed E-state index contributed by atoms with van der Waals surface area (Å²) in [6, 6.07) is 72.8. The van der Waals surface area contributed by atoms with Gasteiger partial charge in [-0.15, -0.1) is 0 Å². The number of methoxy groups -OCH3 is 2. The average Bonchev–Trinajstić information content (AvgIpc) is 1.76. The van der Waals surface area contributed by atoms with E-state index in [4.69, 9.17) is 9.47 Å². The highest BCUT2D eigenvalue weighted by Crippen LogP contribution is 2.39. The van der Waals surface area contributed by atoms with Crippen LogP contribution in [0, 0.1) is 29.5 Å². The molecule has 8 aromatic rings. The van der Waals surface area contributed by atoms with Gasteiger partial charge in [-0.25, -0.2) is 4.39 Å². The third-order valence-corrected chi connectivity index (χ3v) is 28.9. The van der Waals surface area contributed by atoms with Gasteiger partial charge in [0.25, 0.3) is 0 Å². The average molecular weight is 1780 g/mol. The molecule has 14 nitrogen and oxygen atoms in total. The maximum absolute atomic E-state index is 13.3. The monoisotopic (exact) mass is 1780 g/mol. The summed E-state index contributed by atoms with van der Waals surface area (Å²) in [5, 5.41) is 14.6. The van der Waals surface area contributed by atoms with Gasteiger partial charge in [-0.1, -0.05) is 235 Å². The van der Waals surface area contributed by atoms with Crippen LogP contribution < -0.4 is 35.6 Å². The molecule has 5 aliphatic heterocycles. The number of alkyl halides is 3. The van der Waals surface area contributed by atoms with E-state index in [9.17, 15) is 22.4 Å². The van der Waals surface area contributed by atoms with E-state index in [0.717, 1.165) is 179 Å². The Morgan fingerprint density at radius 1 is 0.508 bits per heavy atom. The third-order valence-electron chi connectivity index (χ3n) is 28.9. The number of nitrogens with zero attached hydrogens (tertiary/aromatic N) is 7. The zero-order valence-electron chi connectivity index (χ0n) is 79.4. The zero-order chi connectivity index (χ0) is 91.0. The van der Waals surface area contributed by atoms with Gasteiger partial charge < -0.3 is 45.4 Å². The van der Waals surface area contributed by atoms with Crippen LogP contribution >= 0.6 is 0 Å². The SMILES string of the molecule is CC1=C(C)C2C=CC(CC(=O)C[C@@H]3CCCC[C@H]3CN3CCC[C@@H](Cc4ccc(F)cc4)C3)=CC2N1.CN1CCN(C(CNCCc2ccccc2)c2ccccc2)CC1.COc1ccccc1CCNCC(c1ccc(C(C)(C)C)cc1)N1CCN(c2ccccc2)CC1.COc1ccccc1CCNCC(c1ccc(C(F)(F)F)cc1)N1CCN(C2CCCCC2)CC1.[HH].[HH]. The lowest BCUT2D eigenvalue weighted by molar-refractivity contribution is -0.137. The molecule has 8 atom stereocenters. The van der Waals surface area contributed by atoms with Crippen molar-refractivity contribution in [3.05, 3.63) is 303 Å². The van der Waals surface area contributed by atoms with E-state index in [1.165, 1.54) is 145 Å². The predicted octanol–water partition coefficient (Wildman–Crippen LogP) is 21.1. The summed E-state index contributed by atoms with van der Waals surface area (Å²) in [4.78, 5) is 31.1. The first-order chi connectivity index (χ1) is 63.2. The molecule has 0 spiro atoms. The number of Topliss-reactive ketones (excluding diaryl/α,β-unsaturated/α-hetero) is 1. The number of likely N-dealkylation sites (N-methyl/N-ethyl adjacent to an activating group) is 1. The Morgan fingerprint density at radius 3 is 1.55 bits per heavy atom. The first-order valence-corrected chi connectivity index (χ1v) is 49.2. The van der Waals surface area contributed by atoms with Crippen molar-refractivity contribution in [2.75, 3.05) is 164 Å². The van der Waals surface area contributed by atoms with Crippen molar-refractivity contribution in [3.63, 3.8) is 0 Å². The molecule has 5 unspecified atom stereocenters. The van der Waals surface area contributed by atoms with Crippen LogP contribution in [0.25, 0.3) is 0 Å². The highest BCUT2D eigenvalue weighted by molar-refractivity contribution is 5.82. The van der Waals surface area contributed by atoms with E-state index >= 15 is 0 Å². The largest absolute Gasteiger partial charge is 0.496 e. The summed E-state index contributed by atoms with van der Waals surface area (Å²) >= 11 is 0. The van der Waals surface area contributed by atoms with Crippen LogP contribution in [0.1, 0.15) is 189 Å². The Bertz CT molecular complexity index is 4740. The molecule has 4 saturated heterocycles. The maximum atomic E-state index is 13.3. The fraction of sp³-hybridized carbons (Fsp3) is 0.509. The van der Waals surface area contributed by atoms with Crippen molar-refractivity contribution >= 4 is 11.5 Å². The summed E-state index contributed by atoms with van der Waals surface area (Å²) in [5.41, 5.74) is 15.0. The van der Waals surface area contributed by atoms with Gasteiger partial charge in [-0.05, 0) is 239 Å². The lowest BCUT2D eigenvalue weighted by atomic mass is 9.75. The quantitative estimate of drug-likeness (QED) is 0.0232. The lowest BCUT2D eigenvalue weighted by Gasteiger charge is -2.43. The van der Waals surface area contributed by atoms with E-state index in [1.807, 2.05) is 42.5 Å². The number of para-hydroxylation sites is 3. The molecule has 8 aliphatic rings. The van der Waals surface area contributed by atoms with E-state index in [2.05, 4.69) is 249 Å². The van der Waals surface area contributed by atoms with Crippen molar-refractivity contribution in [2.45, 2.75) is 186 Å². The Labute approximate surface area is 780 Å². The summed E-state index contributed by atoms with van der Waals surface area (Å²) in [7, 11) is 5.64. The number of allylic oxidation sites excluding steroid dienone is 3. The first kappa shape index (κ1) is 98.7. The molecule has 0 amide bonds. The van der Waals surface area contributed by atoms with Crippen LogP contribution in [0.4, 0.5) is 23.2 Å². The molecule has 2 saturated carbocycles. The number of likely N-dealkylation sites (tertiary alicyclic amines) is 1. The van der Waals surface area contributed by atoms with Crippen molar-refractivity contribution < 1.29 is 34.7 Å². The van der Waals surface area contributed by atoms with Gasteiger partial charge in [0.05, 0.1) is 25.8 Å². The van der Waals surface area contributed by atoms with Crippen LogP contribution in [-0.2, 0) is 42.1 Å². The van der Waals surface area contributed by atoms with Crippen LogP contribution in [-0.4, -0.2) is 206 Å². The number of piperazine rings is 3. The number of hydrogen-bond donors (Lipinski definition) is 4. The molecule has 4 N–H and O–H groups in total. The summed E-state index contributed by atoms with van der Waals surface area (Å²) < 4.78 is 63.7. The molecule has 130 heavy (non-hydrogen) atoms. The van der Waals surface area contributed by atoms with Gasteiger partial charge >= 0.3 is 6.18 Å². The third kappa shape index (κ3) is 29.9. The van der Waals surface area contributed by atoms with Gasteiger partial charge in [0.15, 0.2) is 0 Å². The van der Waals surface area contributed by atoms with E-state index in [1.54, 1.807) is 38.5 Å². The summed E-state index contributed by atoms with van der Waals surface area (Å²) in [5.74, 6) is 4.37. The number of piperidine rings is 1. The van der Waals surface area contributed by atoms with Crippen molar-refractivity contribution in [1.29, 1.82) is 0 Å². The van der Waals surface area contributed by atoms with Gasteiger partial charge in [-0.3, -0.25) is 24.4 Å². The van der Waals surface area contributed by atoms with E-state index < -0.39 is 11.7 Å². The minimum Gasteiger partial charge on any atom is -0.496 e. The topological polar surface area (TPSA) is 106 Å². The smallest absolute Gasteiger partial charge is 0.416 e. The fourth-order valence-electron chi connectivity index (χ4n) is 21.1. The number of nitrogens with one attached hydrogen (secondary N) is 4. The molecule has 704 valence electrons. The van der Waals surface area contributed by atoms with Crippen LogP contribution in [0.3, 0.4) is 0 Å². The number of rotatable bonds is 33. The highest BCUT2D eigenvalue weighted by atomic mass is 19.4. The normalized spacial score (nSPS) is 21.2. The Morgan fingerprint density at radius 2 is 1.00 bits per heavy atom. The van der Waals surface area contributed by atoms with Crippen molar-refractivity contribution in [2.24, 2.45) is 23.7 Å². The number of carbonyl (C=O) groups is 1. The van der Waals surface area contributed by atoms with Crippen LogP contribution in [0.2, 0.25) is 0 Å². The minimum atomic E-state index is -4.31. The number of ketones is 1. The number of fused-ring (bicyclic) bond motifs is 1. The second-order valence-electron chi connectivity index (χ2n) is 38.9. The second-order valence-corrected chi connectivity index (χ2v) is 38.9. The van der Waals surface area contributed by atoms with Crippen molar-refractivity contribution in [3.8, 4) is 11.5 Å². The number of carbonyl (C=O) groups excluding carboxylic acids is 1. The van der Waals surface area contributed by atoms with Gasteiger partial charge in [0.1, 0.15) is 23.1 Å². The number of ether oxygens (including phenoxy) is 2. The second kappa shape index (κ2) is 50.3. The molecule has 0 aromatic heterocycles. The van der Waals surface area contributed by atoms with Crippen molar-refractivity contribution in [1.82, 2.24) is 50.7 Å². The Balaban J connectivity index is 0.000000171. The maximum Gasteiger partial charge on any atom is 0.416 e.